The highest BCUT2D eigenvalue weighted by molar-refractivity contribution is 5.96. The zero-order valence-electron chi connectivity index (χ0n) is 23.2. The molecule has 44 heavy (non-hydrogen) atoms. The molecule has 232 valence electrons. The Kier molecular flexibility index (Phi) is 9.94. The molecule has 0 spiro atoms. The normalized spacial score (nSPS) is 13.5. The number of amides is 1. The van der Waals surface area contributed by atoms with Gasteiger partial charge in [-0.2, -0.15) is 18.3 Å². The lowest BCUT2D eigenvalue weighted by Gasteiger charge is -2.41. The number of carbonyl (C=O) groups excluding carboxylic acids is 2. The molecule has 2 atom stereocenters. The summed E-state index contributed by atoms with van der Waals surface area (Å²) in [7, 11) is 0. The summed E-state index contributed by atoms with van der Waals surface area (Å²) in [6, 6.07) is 14.4. The van der Waals surface area contributed by atoms with E-state index in [1.165, 1.54) is 36.4 Å². The number of carbonyl (C=O) groups is 2. The van der Waals surface area contributed by atoms with Crippen LogP contribution >= 0.6 is 0 Å². The number of esters is 1. The van der Waals surface area contributed by atoms with Crippen LogP contribution in [0.25, 0.3) is 0 Å². The quantitative estimate of drug-likeness (QED) is 0.182. The molecule has 9 nitrogen and oxygen atoms in total. The molecule has 1 N–H and O–H groups in total. The van der Waals surface area contributed by atoms with Crippen molar-refractivity contribution in [1.29, 1.82) is 0 Å². The van der Waals surface area contributed by atoms with Gasteiger partial charge >= 0.3 is 12.1 Å². The van der Waals surface area contributed by atoms with Crippen LogP contribution < -0.4 is 4.74 Å². The average Bonchev–Trinajstić information content (AvgIpc) is 3.50. The van der Waals surface area contributed by atoms with Crippen LogP contribution in [0.2, 0.25) is 0 Å². The fraction of sp³-hybridized carbons (Fsp3) is 0.267. The van der Waals surface area contributed by atoms with Crippen LogP contribution in [-0.2, 0) is 28.3 Å². The molecule has 3 aromatic carbocycles. The third-order valence-electron chi connectivity index (χ3n) is 6.73. The van der Waals surface area contributed by atoms with E-state index in [0.717, 1.165) is 29.2 Å². The van der Waals surface area contributed by atoms with Crippen LogP contribution in [0.5, 0.6) is 5.75 Å². The van der Waals surface area contributed by atoms with Gasteiger partial charge in [0.05, 0.1) is 12.6 Å². The molecule has 14 heteroatoms. The molecule has 1 amide bonds. The Morgan fingerprint density at radius 3 is 2.34 bits per heavy atom. The first kappa shape index (κ1) is 32.1. The Bertz CT molecular complexity index is 1550. The van der Waals surface area contributed by atoms with Crippen molar-refractivity contribution in [2.45, 2.75) is 37.9 Å². The number of hydrogen-bond acceptors (Lipinski definition) is 7. The van der Waals surface area contributed by atoms with Crippen molar-refractivity contribution in [3.05, 3.63) is 114 Å². The number of hydrogen-bond donors (Lipinski definition) is 1. The van der Waals surface area contributed by atoms with Gasteiger partial charge in [0.25, 0.3) is 5.91 Å². The number of alkyl halides is 3. The number of rotatable bonds is 12. The van der Waals surface area contributed by atoms with Gasteiger partial charge in [-0.05, 0) is 42.8 Å². The highest BCUT2D eigenvalue weighted by Gasteiger charge is 2.44. The summed E-state index contributed by atoms with van der Waals surface area (Å²) in [6.07, 6.45) is -2.18. The Labute approximate surface area is 248 Å². The molecular weight excluding hydrogens is 591 g/mol. The summed E-state index contributed by atoms with van der Waals surface area (Å²) in [5.41, 5.74) is -2.13. The molecule has 0 aliphatic heterocycles. The van der Waals surface area contributed by atoms with Crippen molar-refractivity contribution in [3.63, 3.8) is 0 Å². The second-order valence-electron chi connectivity index (χ2n) is 9.83. The van der Waals surface area contributed by atoms with E-state index in [1.807, 2.05) is 0 Å². The molecule has 0 unspecified atom stereocenters. The number of halogens is 5. The van der Waals surface area contributed by atoms with Gasteiger partial charge in [0.2, 0.25) is 0 Å². The van der Waals surface area contributed by atoms with Crippen molar-refractivity contribution in [3.8, 4) is 5.75 Å². The lowest BCUT2D eigenvalue weighted by Crippen LogP contribution is -2.55. The predicted octanol–water partition coefficient (Wildman–Crippen LogP) is 4.66. The topological polar surface area (TPSA) is 107 Å². The number of ether oxygens (including phenoxy) is 2. The van der Waals surface area contributed by atoms with Crippen LogP contribution in [0.15, 0.2) is 85.5 Å². The van der Waals surface area contributed by atoms with Crippen LogP contribution in [0.4, 0.5) is 22.0 Å². The number of nitrogens with zero attached hydrogens (tertiary/aromatic N) is 4. The van der Waals surface area contributed by atoms with E-state index in [1.54, 1.807) is 30.3 Å². The number of aromatic nitrogens is 3. The number of benzene rings is 3. The SMILES string of the molecule is C[C@@H](N(CC(=O)OCc1ccccc1)C(=O)c1ccc(OCC(F)(F)F)cc1)[C@](O)(Cn1cncn1)c1ccc(F)cc1F. The molecule has 4 aromatic rings. The second-order valence-corrected chi connectivity index (χ2v) is 9.83. The fourth-order valence-electron chi connectivity index (χ4n) is 4.43. The van der Waals surface area contributed by atoms with Crippen molar-refractivity contribution < 1.29 is 46.1 Å². The van der Waals surface area contributed by atoms with Crippen molar-refractivity contribution in [2.75, 3.05) is 13.2 Å². The molecule has 1 heterocycles. The summed E-state index contributed by atoms with van der Waals surface area (Å²) in [4.78, 5) is 31.6. The van der Waals surface area contributed by atoms with Gasteiger partial charge in [-0.25, -0.2) is 18.4 Å². The summed E-state index contributed by atoms with van der Waals surface area (Å²) in [5.74, 6) is -3.92. The molecule has 1 aromatic heterocycles. The third-order valence-corrected chi connectivity index (χ3v) is 6.73. The minimum absolute atomic E-state index is 0.0882. The molecule has 0 fully saturated rings. The highest BCUT2D eigenvalue weighted by atomic mass is 19.4. The lowest BCUT2D eigenvalue weighted by atomic mass is 9.85. The lowest BCUT2D eigenvalue weighted by molar-refractivity contribution is -0.153. The van der Waals surface area contributed by atoms with Crippen LogP contribution in [0.1, 0.15) is 28.4 Å². The van der Waals surface area contributed by atoms with Gasteiger partial charge in [0.1, 0.15) is 48.8 Å². The maximum absolute atomic E-state index is 15.2. The molecule has 0 saturated carbocycles. The van der Waals surface area contributed by atoms with Gasteiger partial charge in [0, 0.05) is 17.2 Å². The first-order valence-electron chi connectivity index (χ1n) is 13.2. The third kappa shape index (κ3) is 8.16. The van der Waals surface area contributed by atoms with E-state index in [2.05, 4.69) is 10.1 Å². The Hall–Kier alpha value is -4.85. The highest BCUT2D eigenvalue weighted by Crippen LogP contribution is 2.34. The Morgan fingerprint density at radius 2 is 1.73 bits per heavy atom. The van der Waals surface area contributed by atoms with Crippen LogP contribution in [0.3, 0.4) is 0 Å². The fourth-order valence-corrected chi connectivity index (χ4v) is 4.43. The minimum atomic E-state index is -4.58. The van der Waals surface area contributed by atoms with Gasteiger partial charge < -0.3 is 19.5 Å². The summed E-state index contributed by atoms with van der Waals surface area (Å²) >= 11 is 0. The number of aliphatic hydroxyl groups is 1. The van der Waals surface area contributed by atoms with Crippen LogP contribution in [-0.4, -0.2) is 62.0 Å². The van der Waals surface area contributed by atoms with Gasteiger partial charge in [-0.3, -0.25) is 9.59 Å². The van der Waals surface area contributed by atoms with E-state index in [0.29, 0.717) is 11.6 Å². The molecule has 0 radical (unpaired) electrons. The standard InChI is InChI=1S/C30H27F5N4O5/c1-20(29(42,16-38-19-36-18-37-38)25-12-9-23(31)13-26(25)32)39(14-27(40)43-15-21-5-3-2-4-6-21)28(41)22-7-10-24(11-8-22)44-17-30(33,34)35/h2-13,18-20,42H,14-17H2,1H3/t20-,29-/m1/s1. The van der Waals surface area contributed by atoms with Crippen molar-refractivity contribution in [2.24, 2.45) is 0 Å². The van der Waals surface area contributed by atoms with Gasteiger partial charge in [0.15, 0.2) is 6.61 Å². The molecule has 0 saturated heterocycles. The maximum Gasteiger partial charge on any atom is 0.422 e. The molecule has 4 rings (SSSR count). The largest absolute Gasteiger partial charge is 0.484 e. The van der Waals surface area contributed by atoms with Gasteiger partial charge in [-0.15, -0.1) is 0 Å². The van der Waals surface area contributed by atoms with E-state index in [4.69, 9.17) is 9.47 Å². The first-order chi connectivity index (χ1) is 20.9. The molecule has 0 aliphatic carbocycles. The summed E-state index contributed by atoms with van der Waals surface area (Å²) < 4.78 is 77.9. The van der Waals surface area contributed by atoms with E-state index in [-0.39, 0.29) is 17.9 Å². The second kappa shape index (κ2) is 13.6. The monoisotopic (exact) mass is 618 g/mol. The van der Waals surface area contributed by atoms with Gasteiger partial charge in [-0.1, -0.05) is 36.4 Å². The molecule has 0 bridgehead atoms. The van der Waals surface area contributed by atoms with E-state index in [9.17, 15) is 32.3 Å². The molecular formula is C30H27F5N4O5. The zero-order chi connectivity index (χ0) is 31.9. The minimum Gasteiger partial charge on any atom is -0.484 e. The Morgan fingerprint density at radius 1 is 1.02 bits per heavy atom. The van der Waals surface area contributed by atoms with Crippen LogP contribution in [0, 0.1) is 11.6 Å². The first-order valence-corrected chi connectivity index (χ1v) is 13.2. The van der Waals surface area contributed by atoms with Crippen molar-refractivity contribution >= 4 is 11.9 Å². The average molecular weight is 619 g/mol. The maximum atomic E-state index is 15.2. The molecule has 0 aliphatic rings. The summed E-state index contributed by atoms with van der Waals surface area (Å²) in [5, 5.41) is 16.0. The van der Waals surface area contributed by atoms with E-state index < -0.39 is 66.6 Å². The smallest absolute Gasteiger partial charge is 0.422 e. The van der Waals surface area contributed by atoms with E-state index >= 15 is 4.39 Å². The summed E-state index contributed by atoms with van der Waals surface area (Å²) in [6.45, 7) is -1.51. The zero-order valence-corrected chi connectivity index (χ0v) is 23.2. The predicted molar refractivity (Wildman–Crippen MR) is 145 cm³/mol. The van der Waals surface area contributed by atoms with Crippen molar-refractivity contribution in [1.82, 2.24) is 19.7 Å². The Balaban J connectivity index is 1.68.